The van der Waals surface area contributed by atoms with E-state index in [1.54, 1.807) is 31.4 Å². The normalized spacial score (nSPS) is 10.4. The maximum absolute atomic E-state index is 12.4. The number of carbonyl (C=O) groups excluding carboxylic acids is 1. The first-order valence-electron chi connectivity index (χ1n) is 7.82. The first-order chi connectivity index (χ1) is 12.6. The Bertz CT molecular complexity index is 906. The molecule has 3 rings (SSSR count). The Morgan fingerprint density at radius 2 is 1.88 bits per heavy atom. The number of hydrogen-bond donors (Lipinski definition) is 1. The van der Waals surface area contributed by atoms with E-state index in [2.05, 4.69) is 10.5 Å². The van der Waals surface area contributed by atoms with Crippen molar-refractivity contribution in [2.45, 2.75) is 6.54 Å². The van der Waals surface area contributed by atoms with E-state index in [0.29, 0.717) is 27.8 Å². The maximum Gasteiger partial charge on any atom is 0.255 e. The molecule has 0 atom stereocenters. The van der Waals surface area contributed by atoms with Crippen molar-refractivity contribution in [1.82, 2.24) is 10.5 Å². The van der Waals surface area contributed by atoms with Gasteiger partial charge >= 0.3 is 0 Å². The van der Waals surface area contributed by atoms with Crippen LogP contribution in [0.3, 0.4) is 0 Å². The molecule has 0 unspecified atom stereocenters. The lowest BCUT2D eigenvalue weighted by Crippen LogP contribution is -2.23. The van der Waals surface area contributed by atoms with Crippen LogP contribution >= 0.6 is 11.6 Å². The summed E-state index contributed by atoms with van der Waals surface area (Å²) in [5.41, 5.74) is 1.83. The minimum absolute atomic E-state index is 0.216. The van der Waals surface area contributed by atoms with E-state index in [-0.39, 0.29) is 12.5 Å². The van der Waals surface area contributed by atoms with E-state index >= 15 is 0 Å². The van der Waals surface area contributed by atoms with Crippen molar-refractivity contribution in [1.29, 1.82) is 0 Å². The van der Waals surface area contributed by atoms with Crippen molar-refractivity contribution in [3.8, 4) is 22.8 Å². The summed E-state index contributed by atoms with van der Waals surface area (Å²) in [6, 6.07) is 14.1. The van der Waals surface area contributed by atoms with Crippen molar-refractivity contribution in [2.75, 3.05) is 14.2 Å². The minimum atomic E-state index is -0.307. The van der Waals surface area contributed by atoms with Gasteiger partial charge in [-0.1, -0.05) is 16.8 Å². The third-order valence-corrected chi connectivity index (χ3v) is 4.00. The predicted octanol–water partition coefficient (Wildman–Crippen LogP) is 3.94. The lowest BCUT2D eigenvalue weighted by atomic mass is 10.1. The molecule has 1 heterocycles. The van der Waals surface area contributed by atoms with Crippen molar-refractivity contribution < 1.29 is 18.8 Å². The topological polar surface area (TPSA) is 73.6 Å². The van der Waals surface area contributed by atoms with Crippen LogP contribution in [0.4, 0.5) is 0 Å². The number of carbonyl (C=O) groups is 1. The summed E-state index contributed by atoms with van der Waals surface area (Å²) in [5.74, 6) is 1.51. The molecule has 0 aliphatic heterocycles. The van der Waals surface area contributed by atoms with Gasteiger partial charge in [-0.15, -0.1) is 0 Å². The largest absolute Gasteiger partial charge is 0.497 e. The lowest BCUT2D eigenvalue weighted by Gasteiger charge is -2.08. The third kappa shape index (κ3) is 3.97. The van der Waals surface area contributed by atoms with Gasteiger partial charge in [0.25, 0.3) is 5.91 Å². The zero-order valence-electron chi connectivity index (χ0n) is 14.3. The monoisotopic (exact) mass is 372 g/mol. The summed E-state index contributed by atoms with van der Waals surface area (Å²) < 4.78 is 15.7. The summed E-state index contributed by atoms with van der Waals surface area (Å²) in [6.07, 6.45) is 0. The number of halogens is 1. The third-order valence-electron chi connectivity index (χ3n) is 3.77. The summed E-state index contributed by atoms with van der Waals surface area (Å²) in [7, 11) is 3.11. The van der Waals surface area contributed by atoms with Crippen molar-refractivity contribution in [2.24, 2.45) is 0 Å². The number of aromatic nitrogens is 1. The highest BCUT2D eigenvalue weighted by molar-refractivity contribution is 6.31. The lowest BCUT2D eigenvalue weighted by molar-refractivity contribution is 0.0947. The fourth-order valence-corrected chi connectivity index (χ4v) is 2.58. The van der Waals surface area contributed by atoms with Crippen LogP contribution in [0, 0.1) is 0 Å². The van der Waals surface area contributed by atoms with Crippen LogP contribution in [-0.4, -0.2) is 25.3 Å². The van der Waals surface area contributed by atoms with Gasteiger partial charge in [-0.2, -0.15) is 0 Å². The van der Waals surface area contributed by atoms with Gasteiger partial charge in [0, 0.05) is 16.7 Å². The Kier molecular flexibility index (Phi) is 5.43. The van der Waals surface area contributed by atoms with Gasteiger partial charge in [-0.3, -0.25) is 4.79 Å². The van der Waals surface area contributed by atoms with Crippen LogP contribution in [0.5, 0.6) is 11.5 Å². The van der Waals surface area contributed by atoms with Crippen LogP contribution in [-0.2, 0) is 6.54 Å². The average Bonchev–Trinajstić information content (AvgIpc) is 3.15. The summed E-state index contributed by atoms with van der Waals surface area (Å²) in [4.78, 5) is 12.4. The highest BCUT2D eigenvalue weighted by atomic mass is 35.5. The zero-order valence-corrected chi connectivity index (χ0v) is 15.0. The Hall–Kier alpha value is -2.99. The number of nitrogens with one attached hydrogen (secondary N) is 1. The Morgan fingerprint density at radius 3 is 2.58 bits per heavy atom. The molecule has 0 fully saturated rings. The number of benzene rings is 2. The van der Waals surface area contributed by atoms with Gasteiger partial charge in [0.2, 0.25) is 0 Å². The first kappa shape index (κ1) is 17.8. The molecule has 1 N–H and O–H groups in total. The molecule has 0 spiro atoms. The average molecular weight is 373 g/mol. The van der Waals surface area contributed by atoms with Gasteiger partial charge in [0.15, 0.2) is 5.76 Å². The van der Waals surface area contributed by atoms with Crippen LogP contribution in [0.2, 0.25) is 5.02 Å². The molecule has 0 aliphatic rings. The van der Waals surface area contributed by atoms with E-state index in [1.807, 2.05) is 24.3 Å². The fourth-order valence-electron chi connectivity index (χ4n) is 2.41. The van der Waals surface area contributed by atoms with E-state index < -0.39 is 0 Å². The van der Waals surface area contributed by atoms with Crippen molar-refractivity contribution in [3.05, 3.63) is 64.8 Å². The molecule has 0 radical (unpaired) electrons. The number of ether oxygens (including phenoxy) is 2. The Labute approximate surface area is 155 Å². The molecule has 6 nitrogen and oxygen atoms in total. The second-order valence-electron chi connectivity index (χ2n) is 5.44. The smallest absolute Gasteiger partial charge is 0.255 e. The number of amides is 1. The summed E-state index contributed by atoms with van der Waals surface area (Å²) in [6.45, 7) is 0.216. The molecule has 0 bridgehead atoms. The molecule has 2 aromatic carbocycles. The van der Waals surface area contributed by atoms with Crippen molar-refractivity contribution >= 4 is 17.5 Å². The van der Waals surface area contributed by atoms with E-state index in [4.69, 9.17) is 25.6 Å². The molecular weight excluding hydrogens is 356 g/mol. The predicted molar refractivity (Wildman–Crippen MR) is 97.7 cm³/mol. The quantitative estimate of drug-likeness (QED) is 0.709. The molecule has 7 heteroatoms. The number of rotatable bonds is 6. The van der Waals surface area contributed by atoms with E-state index in [1.165, 1.54) is 7.11 Å². The van der Waals surface area contributed by atoms with Crippen LogP contribution < -0.4 is 14.8 Å². The molecule has 0 aliphatic carbocycles. The zero-order chi connectivity index (χ0) is 18.5. The van der Waals surface area contributed by atoms with Gasteiger partial charge in [0.1, 0.15) is 17.2 Å². The van der Waals surface area contributed by atoms with Crippen LogP contribution in [0.25, 0.3) is 11.3 Å². The molecule has 26 heavy (non-hydrogen) atoms. The standard InChI is InChI=1S/C19H17ClN2O4/c1-24-15-6-3-12(4-7-15)18-10-14(22-26-18)11-21-19(23)16-9-13(20)5-8-17(16)25-2/h3-10H,11H2,1-2H3,(H,21,23). The van der Waals surface area contributed by atoms with Crippen LogP contribution in [0.1, 0.15) is 16.1 Å². The van der Waals surface area contributed by atoms with Gasteiger partial charge in [0.05, 0.1) is 26.3 Å². The second kappa shape index (κ2) is 7.93. The maximum atomic E-state index is 12.4. The summed E-state index contributed by atoms with van der Waals surface area (Å²) in [5, 5.41) is 7.22. The highest BCUT2D eigenvalue weighted by Gasteiger charge is 2.14. The molecule has 134 valence electrons. The second-order valence-corrected chi connectivity index (χ2v) is 5.87. The van der Waals surface area contributed by atoms with Gasteiger partial charge in [-0.05, 0) is 42.5 Å². The van der Waals surface area contributed by atoms with Crippen molar-refractivity contribution in [3.63, 3.8) is 0 Å². The molecule has 3 aromatic rings. The van der Waals surface area contributed by atoms with E-state index in [9.17, 15) is 4.79 Å². The molecule has 0 saturated heterocycles. The Balaban J connectivity index is 1.68. The SMILES string of the molecule is COc1ccc(-c2cc(CNC(=O)c3cc(Cl)ccc3OC)no2)cc1. The van der Waals surface area contributed by atoms with Gasteiger partial charge in [-0.25, -0.2) is 0 Å². The fraction of sp³-hybridized carbons (Fsp3) is 0.158. The Morgan fingerprint density at radius 1 is 1.12 bits per heavy atom. The minimum Gasteiger partial charge on any atom is -0.497 e. The summed E-state index contributed by atoms with van der Waals surface area (Å²) >= 11 is 5.96. The van der Waals surface area contributed by atoms with E-state index in [0.717, 1.165) is 11.3 Å². The number of nitrogens with zero attached hydrogens (tertiary/aromatic N) is 1. The molecule has 1 aromatic heterocycles. The molecule has 0 saturated carbocycles. The molecule has 1 amide bonds. The highest BCUT2D eigenvalue weighted by Crippen LogP contribution is 2.24. The molecular formula is C19H17ClN2O4. The van der Waals surface area contributed by atoms with Crippen LogP contribution in [0.15, 0.2) is 53.1 Å². The number of hydrogen-bond acceptors (Lipinski definition) is 5. The first-order valence-corrected chi connectivity index (χ1v) is 8.20. The van der Waals surface area contributed by atoms with Gasteiger partial charge < -0.3 is 19.3 Å². The number of methoxy groups -OCH3 is 2.